The van der Waals surface area contributed by atoms with Gasteiger partial charge >= 0.3 is 0 Å². The summed E-state index contributed by atoms with van der Waals surface area (Å²) in [4.78, 5) is 0. The molecule has 1 aromatic rings. The first-order valence-corrected chi connectivity index (χ1v) is 6.18. The lowest BCUT2D eigenvalue weighted by atomic mass is 9.97. The van der Waals surface area contributed by atoms with Crippen LogP contribution < -0.4 is 5.32 Å². The molecule has 0 aliphatic heterocycles. The van der Waals surface area contributed by atoms with Crippen LogP contribution in [-0.2, 0) is 0 Å². The summed E-state index contributed by atoms with van der Waals surface area (Å²) in [6, 6.07) is 5.41. The predicted molar refractivity (Wildman–Crippen MR) is 70.5 cm³/mol. The van der Waals surface area contributed by atoms with Crippen molar-refractivity contribution in [2.24, 2.45) is 0 Å². The van der Waals surface area contributed by atoms with E-state index in [1.54, 1.807) is 6.07 Å². The molecule has 0 unspecified atom stereocenters. The molecule has 0 fully saturated rings. The third-order valence-corrected chi connectivity index (χ3v) is 3.69. The van der Waals surface area contributed by atoms with E-state index in [1.807, 2.05) is 26.0 Å². The number of rotatable bonds is 5. The summed E-state index contributed by atoms with van der Waals surface area (Å²) in [5.41, 5.74) is 0.0699. The van der Waals surface area contributed by atoms with E-state index < -0.39 is 5.60 Å². The lowest BCUT2D eigenvalue weighted by molar-refractivity contribution is 0.0457. The van der Waals surface area contributed by atoms with Gasteiger partial charge in [-0.25, -0.2) is 0 Å². The van der Waals surface area contributed by atoms with Crippen LogP contribution in [0.4, 0.5) is 5.69 Å². The van der Waals surface area contributed by atoms with Gasteiger partial charge in [0.15, 0.2) is 0 Å². The Kier molecular flexibility index (Phi) is 4.90. The molecule has 1 aromatic carbocycles. The van der Waals surface area contributed by atoms with Gasteiger partial charge in [0.1, 0.15) is 0 Å². The van der Waals surface area contributed by atoms with Gasteiger partial charge in [-0.3, -0.25) is 0 Å². The van der Waals surface area contributed by atoms with Crippen molar-refractivity contribution >= 4 is 28.9 Å². The molecule has 0 aliphatic rings. The molecule has 0 amide bonds. The molecule has 0 aromatic heterocycles. The SMILES string of the molecule is CCC(O)(CC)CNc1cccc(Cl)c1Cl. The van der Waals surface area contributed by atoms with Gasteiger partial charge in [0.05, 0.1) is 21.3 Å². The quantitative estimate of drug-likeness (QED) is 0.841. The largest absolute Gasteiger partial charge is 0.388 e. The van der Waals surface area contributed by atoms with E-state index in [-0.39, 0.29) is 0 Å². The lowest BCUT2D eigenvalue weighted by Gasteiger charge is -2.26. The second-order valence-corrected chi connectivity index (χ2v) is 4.67. The standard InChI is InChI=1S/C12H17Cl2NO/c1-3-12(16,4-2)8-15-10-7-5-6-9(13)11(10)14/h5-7,15-16H,3-4,8H2,1-2H3. The lowest BCUT2D eigenvalue weighted by Crippen LogP contribution is -2.35. The Morgan fingerprint density at radius 3 is 2.44 bits per heavy atom. The second kappa shape index (κ2) is 5.76. The first kappa shape index (κ1) is 13.6. The number of aliphatic hydroxyl groups is 1. The maximum Gasteiger partial charge on any atom is 0.0823 e. The van der Waals surface area contributed by atoms with Crippen molar-refractivity contribution in [3.8, 4) is 0 Å². The first-order chi connectivity index (χ1) is 7.52. The Morgan fingerprint density at radius 2 is 1.88 bits per heavy atom. The number of benzene rings is 1. The van der Waals surface area contributed by atoms with E-state index in [4.69, 9.17) is 23.2 Å². The number of hydrogen-bond acceptors (Lipinski definition) is 2. The van der Waals surface area contributed by atoms with Crippen LogP contribution in [0, 0.1) is 0 Å². The minimum atomic E-state index is -0.689. The monoisotopic (exact) mass is 261 g/mol. The molecule has 0 saturated heterocycles. The van der Waals surface area contributed by atoms with Gasteiger partial charge in [-0.2, -0.15) is 0 Å². The average molecular weight is 262 g/mol. The number of nitrogens with one attached hydrogen (secondary N) is 1. The van der Waals surface area contributed by atoms with Crippen LogP contribution in [0.3, 0.4) is 0 Å². The molecule has 0 aliphatic carbocycles. The molecule has 0 saturated carbocycles. The van der Waals surface area contributed by atoms with Gasteiger partial charge in [-0.15, -0.1) is 0 Å². The Morgan fingerprint density at radius 1 is 1.25 bits per heavy atom. The van der Waals surface area contributed by atoms with Gasteiger partial charge in [0.25, 0.3) is 0 Å². The smallest absolute Gasteiger partial charge is 0.0823 e. The van der Waals surface area contributed by atoms with Gasteiger partial charge in [-0.05, 0) is 25.0 Å². The zero-order valence-electron chi connectivity index (χ0n) is 9.56. The normalized spacial score (nSPS) is 11.6. The highest BCUT2D eigenvalue weighted by Gasteiger charge is 2.22. The van der Waals surface area contributed by atoms with Crippen LogP contribution in [0.15, 0.2) is 18.2 Å². The fourth-order valence-electron chi connectivity index (χ4n) is 1.40. The molecule has 0 radical (unpaired) electrons. The number of anilines is 1. The summed E-state index contributed by atoms with van der Waals surface area (Å²) >= 11 is 11.9. The molecule has 90 valence electrons. The second-order valence-electron chi connectivity index (χ2n) is 3.89. The van der Waals surface area contributed by atoms with Gasteiger partial charge in [-0.1, -0.05) is 43.1 Å². The van der Waals surface area contributed by atoms with E-state index in [2.05, 4.69) is 5.32 Å². The molecule has 2 N–H and O–H groups in total. The van der Waals surface area contributed by atoms with Crippen molar-refractivity contribution < 1.29 is 5.11 Å². The summed E-state index contributed by atoms with van der Waals surface area (Å²) < 4.78 is 0. The Hall–Kier alpha value is -0.440. The minimum Gasteiger partial charge on any atom is -0.388 e. The fraction of sp³-hybridized carbons (Fsp3) is 0.500. The van der Waals surface area contributed by atoms with Crippen molar-refractivity contribution in [3.63, 3.8) is 0 Å². The van der Waals surface area contributed by atoms with Crippen molar-refractivity contribution in [1.29, 1.82) is 0 Å². The first-order valence-electron chi connectivity index (χ1n) is 5.42. The van der Waals surface area contributed by atoms with E-state index >= 15 is 0 Å². The summed E-state index contributed by atoms with van der Waals surface area (Å²) in [5.74, 6) is 0. The highest BCUT2D eigenvalue weighted by Crippen LogP contribution is 2.30. The molecule has 2 nitrogen and oxygen atoms in total. The molecule has 0 atom stereocenters. The molecule has 1 rings (SSSR count). The zero-order valence-corrected chi connectivity index (χ0v) is 11.1. The molecule has 0 bridgehead atoms. The summed E-state index contributed by atoms with van der Waals surface area (Å²) in [6.45, 7) is 4.40. The van der Waals surface area contributed by atoms with Crippen molar-refractivity contribution in [2.45, 2.75) is 32.3 Å². The van der Waals surface area contributed by atoms with Gasteiger partial charge < -0.3 is 10.4 Å². The summed E-state index contributed by atoms with van der Waals surface area (Å²) in [5, 5.41) is 14.3. The molecule has 4 heteroatoms. The maximum atomic E-state index is 10.1. The molecular weight excluding hydrogens is 245 g/mol. The molecular formula is C12H17Cl2NO. The third kappa shape index (κ3) is 3.27. The highest BCUT2D eigenvalue weighted by molar-refractivity contribution is 6.43. The van der Waals surface area contributed by atoms with Crippen LogP contribution in [0.1, 0.15) is 26.7 Å². The van der Waals surface area contributed by atoms with Crippen LogP contribution in [0.25, 0.3) is 0 Å². The zero-order chi connectivity index (χ0) is 12.2. The fourth-order valence-corrected chi connectivity index (χ4v) is 1.77. The van der Waals surface area contributed by atoms with E-state index in [0.29, 0.717) is 29.4 Å². The van der Waals surface area contributed by atoms with Gasteiger partial charge in [0.2, 0.25) is 0 Å². The average Bonchev–Trinajstić information content (AvgIpc) is 2.31. The van der Waals surface area contributed by atoms with Crippen LogP contribution >= 0.6 is 23.2 Å². The Balaban J connectivity index is 2.71. The minimum absolute atomic E-state index is 0.472. The van der Waals surface area contributed by atoms with E-state index in [1.165, 1.54) is 0 Å². The van der Waals surface area contributed by atoms with Gasteiger partial charge in [0, 0.05) is 6.54 Å². The van der Waals surface area contributed by atoms with Crippen molar-refractivity contribution in [2.75, 3.05) is 11.9 Å². The topological polar surface area (TPSA) is 32.3 Å². The Bertz CT molecular complexity index is 351. The van der Waals surface area contributed by atoms with Crippen molar-refractivity contribution in [1.82, 2.24) is 0 Å². The van der Waals surface area contributed by atoms with Crippen molar-refractivity contribution in [3.05, 3.63) is 28.2 Å². The number of halogens is 2. The number of hydrogen-bond donors (Lipinski definition) is 2. The van der Waals surface area contributed by atoms with Crippen LogP contribution in [0.2, 0.25) is 10.0 Å². The summed E-state index contributed by atoms with van der Waals surface area (Å²) in [6.07, 6.45) is 1.41. The Labute approximate surface area is 107 Å². The third-order valence-electron chi connectivity index (χ3n) is 2.88. The molecule has 0 heterocycles. The van der Waals surface area contributed by atoms with Crippen LogP contribution in [0.5, 0.6) is 0 Å². The van der Waals surface area contributed by atoms with E-state index in [9.17, 15) is 5.11 Å². The molecule has 0 spiro atoms. The molecule has 16 heavy (non-hydrogen) atoms. The maximum absolute atomic E-state index is 10.1. The predicted octanol–water partition coefficient (Wildman–Crippen LogP) is 3.96. The van der Waals surface area contributed by atoms with Crippen LogP contribution in [-0.4, -0.2) is 17.3 Å². The van der Waals surface area contributed by atoms with E-state index in [0.717, 1.165) is 5.69 Å². The highest BCUT2D eigenvalue weighted by atomic mass is 35.5. The summed E-state index contributed by atoms with van der Waals surface area (Å²) in [7, 11) is 0.